The van der Waals surface area contributed by atoms with Gasteiger partial charge in [0.15, 0.2) is 11.5 Å². The highest BCUT2D eigenvalue weighted by Gasteiger charge is 2.37. The molecule has 0 spiro atoms. The Morgan fingerprint density at radius 3 is 2.32 bits per heavy atom. The van der Waals surface area contributed by atoms with Crippen molar-refractivity contribution in [1.82, 2.24) is 15.0 Å². The molecule has 25 heavy (non-hydrogen) atoms. The van der Waals surface area contributed by atoms with Gasteiger partial charge in [-0.15, -0.1) is 0 Å². The summed E-state index contributed by atoms with van der Waals surface area (Å²) in [7, 11) is 0. The van der Waals surface area contributed by atoms with Crippen LogP contribution >= 0.6 is 0 Å². The van der Waals surface area contributed by atoms with Crippen molar-refractivity contribution in [3.8, 4) is 11.5 Å². The number of anilines is 1. The number of rotatable bonds is 2. The summed E-state index contributed by atoms with van der Waals surface area (Å²) in [6.45, 7) is 1.45. The number of aromatic nitrogens is 3. The van der Waals surface area contributed by atoms with Crippen molar-refractivity contribution in [2.75, 3.05) is 18.0 Å². The van der Waals surface area contributed by atoms with Gasteiger partial charge in [-0.05, 0) is 36.8 Å². The van der Waals surface area contributed by atoms with Gasteiger partial charge in [-0.1, -0.05) is 18.2 Å². The second-order valence-electron chi connectivity index (χ2n) is 6.52. The second kappa shape index (κ2) is 6.13. The number of pyridine rings is 1. The van der Waals surface area contributed by atoms with Crippen LogP contribution in [0.2, 0.25) is 0 Å². The molecule has 130 valence electrons. The largest absolute Gasteiger partial charge is 0.433 e. The van der Waals surface area contributed by atoms with E-state index < -0.39 is 11.9 Å². The van der Waals surface area contributed by atoms with Crippen molar-refractivity contribution in [2.45, 2.75) is 19.0 Å². The Balaban J connectivity index is 1.72. The number of allylic oxidation sites excluding steroid dienone is 2. The maximum Gasteiger partial charge on any atom is 0.433 e. The Hall–Kier alpha value is -2.44. The molecule has 0 saturated carbocycles. The molecule has 2 atom stereocenters. The van der Waals surface area contributed by atoms with Crippen LogP contribution in [0.15, 0.2) is 42.6 Å². The maximum atomic E-state index is 13.3. The van der Waals surface area contributed by atoms with E-state index in [4.69, 9.17) is 0 Å². The summed E-state index contributed by atoms with van der Waals surface area (Å²) in [4.78, 5) is 14.1. The van der Waals surface area contributed by atoms with Gasteiger partial charge in [0.2, 0.25) is 0 Å². The predicted molar refractivity (Wildman–Crippen MR) is 87.8 cm³/mol. The van der Waals surface area contributed by atoms with Gasteiger partial charge < -0.3 is 4.90 Å². The summed E-state index contributed by atoms with van der Waals surface area (Å²) in [6, 6.07) is 6.09. The molecule has 1 aliphatic heterocycles. The zero-order valence-corrected chi connectivity index (χ0v) is 13.4. The van der Waals surface area contributed by atoms with Crippen LogP contribution in [0.4, 0.5) is 19.0 Å². The molecule has 1 aliphatic carbocycles. The average Bonchev–Trinajstić information content (AvgIpc) is 3.05. The SMILES string of the molecule is FC(F)(F)c1cc(N2CC3CC=CCC3C2)nc(-c2ccccn2)n1. The fraction of sp³-hybridized carbons (Fsp3) is 0.389. The summed E-state index contributed by atoms with van der Waals surface area (Å²) in [5.74, 6) is 1.30. The average molecular weight is 346 g/mol. The van der Waals surface area contributed by atoms with Crippen molar-refractivity contribution in [1.29, 1.82) is 0 Å². The lowest BCUT2D eigenvalue weighted by molar-refractivity contribution is -0.141. The van der Waals surface area contributed by atoms with E-state index in [0.717, 1.165) is 32.0 Å². The van der Waals surface area contributed by atoms with Crippen LogP contribution in [0.5, 0.6) is 0 Å². The van der Waals surface area contributed by atoms with Gasteiger partial charge in [-0.3, -0.25) is 4.98 Å². The van der Waals surface area contributed by atoms with Crippen LogP contribution in [0, 0.1) is 11.8 Å². The van der Waals surface area contributed by atoms with Crippen molar-refractivity contribution in [3.63, 3.8) is 0 Å². The van der Waals surface area contributed by atoms with Crippen molar-refractivity contribution >= 4 is 5.82 Å². The lowest BCUT2D eigenvalue weighted by atomic mass is 9.86. The molecule has 1 saturated heterocycles. The van der Waals surface area contributed by atoms with Crippen molar-refractivity contribution < 1.29 is 13.2 Å². The first-order chi connectivity index (χ1) is 12.0. The molecule has 3 heterocycles. The lowest BCUT2D eigenvalue weighted by Crippen LogP contribution is -2.23. The zero-order valence-electron chi connectivity index (χ0n) is 13.4. The van der Waals surface area contributed by atoms with E-state index in [2.05, 4.69) is 27.1 Å². The Kier molecular flexibility index (Phi) is 3.94. The second-order valence-corrected chi connectivity index (χ2v) is 6.52. The van der Waals surface area contributed by atoms with Crippen LogP contribution in [0.3, 0.4) is 0 Å². The highest BCUT2D eigenvalue weighted by atomic mass is 19.4. The van der Waals surface area contributed by atoms with Gasteiger partial charge in [0, 0.05) is 25.4 Å². The Labute approximate surface area is 143 Å². The molecule has 2 unspecified atom stereocenters. The first-order valence-electron chi connectivity index (χ1n) is 8.28. The van der Waals surface area contributed by atoms with Gasteiger partial charge in [0.1, 0.15) is 11.5 Å². The monoisotopic (exact) mass is 346 g/mol. The number of halogens is 3. The highest BCUT2D eigenvalue weighted by Crippen LogP contribution is 2.37. The standard InChI is InChI=1S/C18H17F3N4/c19-18(20,21)15-9-16(24-17(23-15)14-7-3-4-8-22-14)25-10-12-5-1-2-6-13(12)11-25/h1-4,7-9,12-13H,5-6,10-11H2. The molecular formula is C18H17F3N4. The Morgan fingerprint density at radius 1 is 1.00 bits per heavy atom. The fourth-order valence-corrected chi connectivity index (χ4v) is 3.55. The van der Waals surface area contributed by atoms with Gasteiger partial charge in [0.25, 0.3) is 0 Å². The van der Waals surface area contributed by atoms with Gasteiger partial charge in [-0.2, -0.15) is 13.2 Å². The topological polar surface area (TPSA) is 41.9 Å². The van der Waals surface area contributed by atoms with Crippen LogP contribution in [0.1, 0.15) is 18.5 Å². The molecule has 2 aromatic rings. The summed E-state index contributed by atoms with van der Waals surface area (Å²) < 4.78 is 39.9. The summed E-state index contributed by atoms with van der Waals surface area (Å²) in [5.41, 5.74) is -0.584. The van der Waals surface area contributed by atoms with E-state index in [1.165, 1.54) is 6.20 Å². The molecule has 0 aromatic carbocycles. The van der Waals surface area contributed by atoms with Crippen LogP contribution < -0.4 is 4.90 Å². The molecule has 4 rings (SSSR count). The minimum absolute atomic E-state index is 0.0124. The van der Waals surface area contributed by atoms with E-state index in [-0.39, 0.29) is 5.82 Å². The molecule has 7 heteroatoms. The maximum absolute atomic E-state index is 13.3. The van der Waals surface area contributed by atoms with Gasteiger partial charge in [0.05, 0.1) is 0 Å². The summed E-state index contributed by atoms with van der Waals surface area (Å²) >= 11 is 0. The third-order valence-corrected chi connectivity index (χ3v) is 4.84. The third kappa shape index (κ3) is 3.23. The Bertz CT molecular complexity index is 773. The van der Waals surface area contributed by atoms with Crippen molar-refractivity contribution in [2.24, 2.45) is 11.8 Å². The first-order valence-corrected chi connectivity index (χ1v) is 8.28. The lowest BCUT2D eigenvalue weighted by Gasteiger charge is -2.19. The van der Waals surface area contributed by atoms with Crippen LogP contribution in [0.25, 0.3) is 11.5 Å². The highest BCUT2D eigenvalue weighted by molar-refractivity contribution is 5.54. The van der Waals surface area contributed by atoms with Crippen LogP contribution in [-0.2, 0) is 6.18 Å². The normalized spacial score (nSPS) is 22.9. The molecule has 0 amide bonds. The Morgan fingerprint density at radius 2 is 1.72 bits per heavy atom. The number of nitrogens with zero attached hydrogens (tertiary/aromatic N) is 4. The number of hydrogen-bond donors (Lipinski definition) is 0. The van der Waals surface area contributed by atoms with Crippen LogP contribution in [-0.4, -0.2) is 28.0 Å². The predicted octanol–water partition coefficient (Wildman–Crippen LogP) is 3.96. The molecule has 0 bridgehead atoms. The fourth-order valence-electron chi connectivity index (χ4n) is 3.55. The minimum atomic E-state index is -4.52. The molecule has 1 fully saturated rings. The summed E-state index contributed by atoms with van der Waals surface area (Å²) in [5, 5.41) is 0. The number of hydrogen-bond acceptors (Lipinski definition) is 4. The molecule has 0 radical (unpaired) electrons. The van der Waals surface area contributed by atoms with E-state index in [0.29, 0.717) is 23.3 Å². The molecule has 4 nitrogen and oxygen atoms in total. The van der Waals surface area contributed by atoms with E-state index >= 15 is 0 Å². The molecule has 2 aromatic heterocycles. The number of alkyl halides is 3. The number of fused-ring (bicyclic) bond motifs is 1. The molecule has 2 aliphatic rings. The third-order valence-electron chi connectivity index (χ3n) is 4.84. The van der Waals surface area contributed by atoms with Crippen molar-refractivity contribution in [3.05, 3.63) is 48.3 Å². The molecule has 0 N–H and O–H groups in total. The zero-order chi connectivity index (χ0) is 17.4. The first kappa shape index (κ1) is 16.1. The van der Waals surface area contributed by atoms with E-state index in [1.807, 2.05) is 4.90 Å². The van der Waals surface area contributed by atoms with Gasteiger partial charge in [-0.25, -0.2) is 9.97 Å². The van der Waals surface area contributed by atoms with E-state index in [9.17, 15) is 13.2 Å². The smallest absolute Gasteiger partial charge is 0.356 e. The quantitative estimate of drug-likeness (QED) is 0.772. The minimum Gasteiger partial charge on any atom is -0.356 e. The summed E-state index contributed by atoms with van der Waals surface area (Å²) in [6.07, 6.45) is 3.27. The molecular weight excluding hydrogens is 329 g/mol. The van der Waals surface area contributed by atoms with Gasteiger partial charge >= 0.3 is 6.18 Å². The van der Waals surface area contributed by atoms with E-state index in [1.54, 1.807) is 18.2 Å².